The number of nitrogens with zero attached hydrogens (tertiary/aromatic N) is 1. The minimum absolute atomic E-state index is 0.125. The lowest BCUT2D eigenvalue weighted by Crippen LogP contribution is -2.30. The number of aryl methyl sites for hydroxylation is 1. The number of benzene rings is 2. The lowest BCUT2D eigenvalue weighted by atomic mass is 10.0. The summed E-state index contributed by atoms with van der Waals surface area (Å²) in [6.45, 7) is 1.42. The summed E-state index contributed by atoms with van der Waals surface area (Å²) in [5.74, 6) is 0.125. The summed E-state index contributed by atoms with van der Waals surface area (Å²) in [6.07, 6.45) is 1.97. The zero-order valence-electron chi connectivity index (χ0n) is 11.4. The predicted octanol–water partition coefficient (Wildman–Crippen LogP) is 2.86. The van der Waals surface area contributed by atoms with Crippen LogP contribution < -0.4 is 5.73 Å². The minimum Gasteiger partial charge on any atom is -0.399 e. The maximum atomic E-state index is 12.6. The van der Waals surface area contributed by atoms with Gasteiger partial charge < -0.3 is 10.6 Å². The number of anilines is 1. The van der Waals surface area contributed by atoms with Crippen LogP contribution in [0.2, 0.25) is 0 Å². The first kappa shape index (κ1) is 12.7. The molecular formula is C17H18N2O. The van der Waals surface area contributed by atoms with Gasteiger partial charge in [-0.2, -0.15) is 0 Å². The fraction of sp³-hybridized carbons (Fsp3) is 0.235. The van der Waals surface area contributed by atoms with Crippen molar-refractivity contribution in [3.05, 3.63) is 65.2 Å². The Bertz CT molecular complexity index is 636. The second kappa shape index (κ2) is 5.37. The molecule has 0 saturated heterocycles. The summed E-state index contributed by atoms with van der Waals surface area (Å²) in [5.41, 5.74) is 9.63. The number of fused-ring (bicyclic) bond motifs is 1. The third kappa shape index (κ3) is 2.52. The molecule has 102 valence electrons. The number of amides is 1. The SMILES string of the molecule is Nc1cccc(CN2CCCc3ccccc3C2=O)c1. The lowest BCUT2D eigenvalue weighted by molar-refractivity contribution is 0.0749. The monoisotopic (exact) mass is 266 g/mol. The molecule has 20 heavy (non-hydrogen) atoms. The van der Waals surface area contributed by atoms with Crippen LogP contribution >= 0.6 is 0 Å². The molecule has 1 aliphatic heterocycles. The van der Waals surface area contributed by atoms with Gasteiger partial charge in [-0.3, -0.25) is 4.79 Å². The van der Waals surface area contributed by atoms with Crippen LogP contribution in [0.1, 0.15) is 27.9 Å². The van der Waals surface area contributed by atoms with E-state index in [1.807, 2.05) is 47.4 Å². The van der Waals surface area contributed by atoms with Gasteiger partial charge >= 0.3 is 0 Å². The highest BCUT2D eigenvalue weighted by Gasteiger charge is 2.21. The van der Waals surface area contributed by atoms with Crippen LogP contribution in [0.25, 0.3) is 0 Å². The van der Waals surface area contributed by atoms with Crippen LogP contribution in [-0.4, -0.2) is 17.4 Å². The molecule has 0 radical (unpaired) electrons. The number of nitrogens with two attached hydrogens (primary N) is 1. The largest absolute Gasteiger partial charge is 0.399 e. The van der Waals surface area contributed by atoms with Crippen molar-refractivity contribution in [1.29, 1.82) is 0 Å². The normalized spacial score (nSPS) is 14.8. The third-order valence-corrected chi connectivity index (χ3v) is 3.73. The molecule has 0 bridgehead atoms. The number of carbonyl (C=O) groups excluding carboxylic acids is 1. The van der Waals surface area contributed by atoms with Crippen molar-refractivity contribution >= 4 is 11.6 Å². The molecule has 2 aromatic rings. The van der Waals surface area contributed by atoms with Crippen LogP contribution in [0, 0.1) is 0 Å². The summed E-state index contributed by atoms with van der Waals surface area (Å²) >= 11 is 0. The van der Waals surface area contributed by atoms with Crippen LogP contribution in [0.5, 0.6) is 0 Å². The van der Waals surface area contributed by atoms with Gasteiger partial charge in [0.05, 0.1) is 0 Å². The summed E-state index contributed by atoms with van der Waals surface area (Å²) in [5, 5.41) is 0. The van der Waals surface area contributed by atoms with E-state index in [1.54, 1.807) is 0 Å². The Balaban J connectivity index is 1.86. The van der Waals surface area contributed by atoms with Gasteiger partial charge in [-0.05, 0) is 42.2 Å². The fourth-order valence-corrected chi connectivity index (χ4v) is 2.74. The van der Waals surface area contributed by atoms with Crippen molar-refractivity contribution < 1.29 is 4.79 Å². The summed E-state index contributed by atoms with van der Waals surface area (Å²) < 4.78 is 0. The van der Waals surface area contributed by atoms with E-state index in [0.29, 0.717) is 6.54 Å². The number of hydrogen-bond acceptors (Lipinski definition) is 2. The van der Waals surface area contributed by atoms with Gasteiger partial charge in [0.1, 0.15) is 0 Å². The Hall–Kier alpha value is -2.29. The molecule has 0 atom stereocenters. The van der Waals surface area contributed by atoms with Crippen LogP contribution in [0.4, 0.5) is 5.69 Å². The minimum atomic E-state index is 0.125. The molecule has 1 aliphatic rings. The highest BCUT2D eigenvalue weighted by molar-refractivity contribution is 5.96. The number of hydrogen-bond donors (Lipinski definition) is 1. The molecule has 0 aromatic heterocycles. The molecular weight excluding hydrogens is 248 g/mol. The maximum absolute atomic E-state index is 12.6. The highest BCUT2D eigenvalue weighted by Crippen LogP contribution is 2.20. The zero-order chi connectivity index (χ0) is 13.9. The van der Waals surface area contributed by atoms with E-state index in [-0.39, 0.29) is 5.91 Å². The molecule has 1 heterocycles. The summed E-state index contributed by atoms with van der Waals surface area (Å²) in [7, 11) is 0. The highest BCUT2D eigenvalue weighted by atomic mass is 16.2. The first-order valence-corrected chi connectivity index (χ1v) is 6.95. The second-order valence-corrected chi connectivity index (χ2v) is 5.23. The van der Waals surface area contributed by atoms with Gasteiger partial charge in [0.2, 0.25) is 0 Å². The van der Waals surface area contributed by atoms with Crippen LogP contribution in [0.15, 0.2) is 48.5 Å². The van der Waals surface area contributed by atoms with Gasteiger partial charge in [-0.15, -0.1) is 0 Å². The van der Waals surface area contributed by atoms with E-state index in [1.165, 1.54) is 0 Å². The fourth-order valence-electron chi connectivity index (χ4n) is 2.74. The first-order valence-electron chi connectivity index (χ1n) is 6.95. The first-order chi connectivity index (χ1) is 9.74. The van der Waals surface area contributed by atoms with Crippen molar-refractivity contribution in [3.8, 4) is 0 Å². The second-order valence-electron chi connectivity index (χ2n) is 5.23. The van der Waals surface area contributed by atoms with E-state index >= 15 is 0 Å². The zero-order valence-corrected chi connectivity index (χ0v) is 11.4. The molecule has 0 aliphatic carbocycles. The van der Waals surface area contributed by atoms with Crippen LogP contribution in [0.3, 0.4) is 0 Å². The van der Waals surface area contributed by atoms with E-state index < -0.39 is 0 Å². The number of carbonyl (C=O) groups is 1. The average Bonchev–Trinajstić information content (AvgIpc) is 2.60. The van der Waals surface area contributed by atoms with Crippen molar-refractivity contribution in [2.75, 3.05) is 12.3 Å². The summed E-state index contributed by atoms with van der Waals surface area (Å²) in [6, 6.07) is 15.7. The van der Waals surface area contributed by atoms with Gasteiger partial charge in [0, 0.05) is 24.3 Å². The number of nitrogen functional groups attached to an aromatic ring is 1. The molecule has 3 heteroatoms. The molecule has 1 amide bonds. The Morgan fingerprint density at radius 3 is 2.80 bits per heavy atom. The van der Waals surface area contributed by atoms with E-state index in [9.17, 15) is 4.79 Å². The van der Waals surface area contributed by atoms with Crippen molar-refractivity contribution in [1.82, 2.24) is 4.90 Å². The van der Waals surface area contributed by atoms with Crippen molar-refractivity contribution in [2.45, 2.75) is 19.4 Å². The Kier molecular flexibility index (Phi) is 3.42. The molecule has 0 saturated carbocycles. The molecule has 0 fully saturated rings. The number of rotatable bonds is 2. The standard InChI is InChI=1S/C17H18N2O/c18-15-8-3-5-13(11-15)12-19-10-4-7-14-6-1-2-9-16(14)17(19)20/h1-3,5-6,8-9,11H,4,7,10,12,18H2. The van der Waals surface area contributed by atoms with Crippen LogP contribution in [-0.2, 0) is 13.0 Å². The average molecular weight is 266 g/mol. The molecule has 3 nitrogen and oxygen atoms in total. The van der Waals surface area contributed by atoms with Crippen molar-refractivity contribution in [3.63, 3.8) is 0 Å². The predicted molar refractivity (Wildman–Crippen MR) is 80.4 cm³/mol. The Labute approximate surface area is 119 Å². The molecule has 0 unspecified atom stereocenters. The molecule has 0 spiro atoms. The summed E-state index contributed by atoms with van der Waals surface area (Å²) in [4.78, 5) is 14.5. The third-order valence-electron chi connectivity index (χ3n) is 3.73. The Morgan fingerprint density at radius 2 is 1.95 bits per heavy atom. The Morgan fingerprint density at radius 1 is 1.10 bits per heavy atom. The smallest absolute Gasteiger partial charge is 0.254 e. The topological polar surface area (TPSA) is 46.3 Å². The molecule has 3 rings (SSSR count). The quantitative estimate of drug-likeness (QED) is 0.850. The van der Waals surface area contributed by atoms with E-state index in [4.69, 9.17) is 5.73 Å². The van der Waals surface area contributed by atoms with Gasteiger partial charge in [-0.1, -0.05) is 30.3 Å². The lowest BCUT2D eigenvalue weighted by Gasteiger charge is -2.21. The maximum Gasteiger partial charge on any atom is 0.254 e. The van der Waals surface area contributed by atoms with Crippen molar-refractivity contribution in [2.24, 2.45) is 0 Å². The molecule has 2 N–H and O–H groups in total. The van der Waals surface area contributed by atoms with Gasteiger partial charge in [-0.25, -0.2) is 0 Å². The van der Waals surface area contributed by atoms with Gasteiger partial charge in [0.25, 0.3) is 5.91 Å². The van der Waals surface area contributed by atoms with E-state index in [2.05, 4.69) is 6.07 Å². The molecule has 2 aromatic carbocycles. The van der Waals surface area contributed by atoms with Gasteiger partial charge in [0.15, 0.2) is 0 Å². The van der Waals surface area contributed by atoms with E-state index in [0.717, 1.165) is 41.8 Å².